The molecule has 0 fully saturated rings. The number of rotatable bonds is 5. The van der Waals surface area contributed by atoms with Gasteiger partial charge in [-0.15, -0.1) is 10.2 Å². The van der Waals surface area contributed by atoms with Gasteiger partial charge in [0, 0.05) is 39.8 Å². The molecule has 0 unspecified atom stereocenters. The van der Waals surface area contributed by atoms with Crippen LogP contribution in [0.5, 0.6) is 0 Å². The quantitative estimate of drug-likeness (QED) is 0.345. The number of benzene rings is 2. The molecule has 0 aliphatic rings. The lowest BCUT2D eigenvalue weighted by Crippen LogP contribution is -2.01. The Balaban J connectivity index is 1.34. The number of aromatic nitrogens is 4. The van der Waals surface area contributed by atoms with E-state index in [-0.39, 0.29) is 11.5 Å². The minimum Gasteiger partial charge on any atom is -0.411 e. The van der Waals surface area contributed by atoms with Crippen LogP contribution in [-0.4, -0.2) is 31.7 Å². The molecule has 0 amide bonds. The number of hydrogen-bond donors (Lipinski definition) is 2. The molecule has 0 bridgehead atoms. The molecule has 0 radical (unpaired) electrons. The summed E-state index contributed by atoms with van der Waals surface area (Å²) >= 11 is 1.24. The summed E-state index contributed by atoms with van der Waals surface area (Å²) in [5.41, 5.74) is 3.49. The lowest BCUT2D eigenvalue weighted by Gasteiger charge is -1.97. The molecule has 7 heteroatoms. The first-order chi connectivity index (χ1) is 13.3. The molecule has 0 saturated carbocycles. The summed E-state index contributed by atoms with van der Waals surface area (Å²) in [5, 5.41) is 10.5. The van der Waals surface area contributed by atoms with Crippen LogP contribution in [0.15, 0.2) is 70.6 Å². The van der Waals surface area contributed by atoms with Crippen molar-refractivity contribution in [3.05, 3.63) is 66.5 Å². The molecule has 0 spiro atoms. The highest BCUT2D eigenvalue weighted by Gasteiger charge is 2.16. The number of hydrogen-bond acceptors (Lipinski definition) is 5. The highest BCUT2D eigenvalue weighted by Crippen LogP contribution is 2.30. The van der Waals surface area contributed by atoms with Gasteiger partial charge in [-0.2, -0.15) is 0 Å². The zero-order chi connectivity index (χ0) is 18.2. The number of carbonyl (C=O) groups excluding carboxylic acids is 1. The predicted molar refractivity (Wildman–Crippen MR) is 105 cm³/mol. The fraction of sp³-hybridized carbons (Fsp3) is 0.0500. The van der Waals surface area contributed by atoms with Gasteiger partial charge in [0.15, 0.2) is 5.78 Å². The third kappa shape index (κ3) is 2.82. The van der Waals surface area contributed by atoms with Crippen LogP contribution in [0.4, 0.5) is 0 Å². The van der Waals surface area contributed by atoms with Crippen molar-refractivity contribution in [2.45, 2.75) is 5.22 Å². The summed E-state index contributed by atoms with van der Waals surface area (Å²) in [6.45, 7) is 0. The third-order valence-corrected chi connectivity index (χ3v) is 5.26. The molecular weight excluding hydrogens is 360 g/mol. The molecule has 0 saturated heterocycles. The number of Topliss-reactive ketones (excluding diaryl/α,β-unsaturated/α-hetero) is 1. The lowest BCUT2D eigenvalue weighted by molar-refractivity contribution is 0.102. The zero-order valence-electron chi connectivity index (χ0n) is 14.1. The van der Waals surface area contributed by atoms with Crippen molar-refractivity contribution in [3.63, 3.8) is 0 Å². The summed E-state index contributed by atoms with van der Waals surface area (Å²) in [6, 6.07) is 15.7. The van der Waals surface area contributed by atoms with Gasteiger partial charge in [0.05, 0.1) is 11.3 Å². The van der Waals surface area contributed by atoms with Crippen molar-refractivity contribution in [1.82, 2.24) is 20.2 Å². The van der Waals surface area contributed by atoms with E-state index in [0.717, 1.165) is 27.4 Å². The smallest absolute Gasteiger partial charge is 0.277 e. The first-order valence-corrected chi connectivity index (χ1v) is 9.40. The van der Waals surface area contributed by atoms with Gasteiger partial charge in [-0.25, -0.2) is 0 Å². The number of ketones is 1. The number of carbonyl (C=O) groups is 1. The second-order valence-corrected chi connectivity index (χ2v) is 7.01. The number of nitrogens with one attached hydrogen (secondary N) is 2. The van der Waals surface area contributed by atoms with Crippen LogP contribution in [-0.2, 0) is 0 Å². The number of para-hydroxylation sites is 2. The fourth-order valence-corrected chi connectivity index (χ4v) is 3.78. The molecule has 6 nitrogen and oxygen atoms in total. The largest absolute Gasteiger partial charge is 0.411 e. The lowest BCUT2D eigenvalue weighted by atomic mass is 10.1. The van der Waals surface area contributed by atoms with E-state index in [1.165, 1.54) is 11.8 Å². The minimum absolute atomic E-state index is 0.0179. The summed E-state index contributed by atoms with van der Waals surface area (Å²) in [6.07, 6.45) is 3.60. The van der Waals surface area contributed by atoms with Gasteiger partial charge in [-0.1, -0.05) is 48.2 Å². The maximum atomic E-state index is 12.6. The summed E-state index contributed by atoms with van der Waals surface area (Å²) < 4.78 is 5.75. The minimum atomic E-state index is 0.0179. The first-order valence-electron chi connectivity index (χ1n) is 8.42. The van der Waals surface area contributed by atoms with Gasteiger partial charge in [-0.3, -0.25) is 4.79 Å². The SMILES string of the molecule is O=C(CSc1nnc(-c2c[nH]c3ccccc23)o1)c1c[nH]c2ccccc12. The van der Waals surface area contributed by atoms with Crippen LogP contribution in [0, 0.1) is 0 Å². The Morgan fingerprint density at radius 3 is 2.48 bits per heavy atom. The van der Waals surface area contributed by atoms with E-state index in [1.54, 1.807) is 6.20 Å². The van der Waals surface area contributed by atoms with Crippen molar-refractivity contribution in [1.29, 1.82) is 0 Å². The molecule has 5 aromatic rings. The highest BCUT2D eigenvalue weighted by atomic mass is 32.2. The number of H-pyrrole nitrogens is 2. The van der Waals surface area contributed by atoms with Gasteiger partial charge in [-0.05, 0) is 12.1 Å². The Kier molecular flexibility index (Phi) is 3.79. The Labute approximate surface area is 158 Å². The Morgan fingerprint density at radius 2 is 1.63 bits per heavy atom. The van der Waals surface area contributed by atoms with Crippen molar-refractivity contribution >= 4 is 39.4 Å². The van der Waals surface area contributed by atoms with E-state index < -0.39 is 0 Å². The zero-order valence-corrected chi connectivity index (χ0v) is 14.9. The number of aromatic amines is 2. The number of thioether (sulfide) groups is 1. The summed E-state index contributed by atoms with van der Waals surface area (Å²) in [5.74, 6) is 0.691. The number of nitrogens with zero attached hydrogens (tertiary/aromatic N) is 2. The molecule has 0 atom stereocenters. The van der Waals surface area contributed by atoms with Gasteiger partial charge < -0.3 is 14.4 Å². The monoisotopic (exact) mass is 374 g/mol. The fourth-order valence-electron chi connectivity index (χ4n) is 3.13. The van der Waals surface area contributed by atoms with Crippen LogP contribution < -0.4 is 0 Å². The summed E-state index contributed by atoms with van der Waals surface area (Å²) in [4.78, 5) is 18.9. The molecule has 0 aliphatic heterocycles. The predicted octanol–water partition coefficient (Wildman–Crippen LogP) is 4.67. The number of fused-ring (bicyclic) bond motifs is 2. The van der Waals surface area contributed by atoms with Gasteiger partial charge in [0.1, 0.15) is 0 Å². The average molecular weight is 374 g/mol. The van der Waals surface area contributed by atoms with Crippen LogP contribution in [0.25, 0.3) is 33.3 Å². The first kappa shape index (κ1) is 15.9. The second kappa shape index (κ2) is 6.44. The van der Waals surface area contributed by atoms with E-state index in [0.29, 0.717) is 16.7 Å². The van der Waals surface area contributed by atoms with Crippen LogP contribution in [0.2, 0.25) is 0 Å². The molecule has 3 aromatic heterocycles. The van der Waals surface area contributed by atoms with Crippen molar-refractivity contribution in [3.8, 4) is 11.5 Å². The maximum Gasteiger partial charge on any atom is 0.277 e. The van der Waals surface area contributed by atoms with Crippen LogP contribution in [0.3, 0.4) is 0 Å². The Bertz CT molecular complexity index is 1270. The van der Waals surface area contributed by atoms with E-state index >= 15 is 0 Å². The van der Waals surface area contributed by atoms with Gasteiger partial charge >= 0.3 is 0 Å². The summed E-state index contributed by atoms with van der Waals surface area (Å²) in [7, 11) is 0. The average Bonchev–Trinajstić information content (AvgIpc) is 3.43. The topological polar surface area (TPSA) is 87.6 Å². The molecule has 2 aromatic carbocycles. The molecule has 132 valence electrons. The van der Waals surface area contributed by atoms with Crippen molar-refractivity contribution in [2.75, 3.05) is 5.75 Å². The standard InChI is InChI=1S/C20H14N4O2S/c25-18(14-9-21-16-7-3-1-5-12(14)16)11-27-20-24-23-19(26-20)15-10-22-17-8-4-2-6-13(15)17/h1-10,21-22H,11H2. The van der Waals surface area contributed by atoms with E-state index in [4.69, 9.17) is 4.42 Å². The highest BCUT2D eigenvalue weighted by molar-refractivity contribution is 7.99. The molecule has 3 heterocycles. The Morgan fingerprint density at radius 1 is 0.926 bits per heavy atom. The van der Waals surface area contributed by atoms with Crippen LogP contribution in [0.1, 0.15) is 10.4 Å². The molecule has 5 rings (SSSR count). The van der Waals surface area contributed by atoms with Crippen LogP contribution >= 0.6 is 11.8 Å². The molecule has 27 heavy (non-hydrogen) atoms. The Hall–Kier alpha value is -3.32. The maximum absolute atomic E-state index is 12.6. The van der Waals surface area contributed by atoms with Crippen molar-refractivity contribution < 1.29 is 9.21 Å². The van der Waals surface area contributed by atoms with E-state index in [2.05, 4.69) is 20.2 Å². The normalized spacial score (nSPS) is 11.4. The molecule has 0 aliphatic carbocycles. The molecule has 2 N–H and O–H groups in total. The van der Waals surface area contributed by atoms with E-state index in [9.17, 15) is 4.79 Å². The van der Waals surface area contributed by atoms with E-state index in [1.807, 2.05) is 54.7 Å². The van der Waals surface area contributed by atoms with Crippen molar-refractivity contribution in [2.24, 2.45) is 0 Å². The van der Waals surface area contributed by atoms with Gasteiger partial charge in [0.25, 0.3) is 11.1 Å². The second-order valence-electron chi connectivity index (χ2n) is 6.08. The third-order valence-electron chi connectivity index (χ3n) is 4.44. The molecular formula is C20H14N4O2S. The van der Waals surface area contributed by atoms with Gasteiger partial charge in [0.2, 0.25) is 0 Å².